The van der Waals surface area contributed by atoms with Crippen LogP contribution >= 0.6 is 0 Å². The third kappa shape index (κ3) is 8.30. The average Bonchev–Trinajstić information content (AvgIpc) is 3.77. The zero-order chi connectivity index (χ0) is 42.1. The number of hydrogen-bond acceptors (Lipinski definition) is 10. The van der Waals surface area contributed by atoms with Crippen molar-refractivity contribution < 1.29 is 28.8 Å². The van der Waals surface area contributed by atoms with E-state index < -0.39 is 11.9 Å². The number of likely N-dealkylation sites (N-methyl/N-ethyl adjacent to an activating group) is 1. The van der Waals surface area contributed by atoms with Crippen LogP contribution in [0.4, 0.5) is 22.1 Å². The molecule has 1 unspecified atom stereocenters. The molecule has 8 rings (SSSR count). The van der Waals surface area contributed by atoms with E-state index in [1.807, 2.05) is 47.2 Å². The minimum Gasteiger partial charge on any atom is -0.364 e. The standard InChI is InChI=1S/C45H55N9O6/c1-45(18-21-51(22-19-45)39(57)11-4-3-7-29-8-5-10-34-35(29)28-54(43(34)59)36-17-16-33(55)25-37(36)56)30-12-14-31(15-13-30)48-42-40(41(46)58)47-26-38(49-42)52-20-6-9-32(27-52)53-24-23-50(2)44(53)60/h5,8,10,12-15,26,32,36H,3-4,6-7,9,11,16-25,27-28H2,1-2H3,(H2,46,58)(H,48,49)/t32-,36?/m1/s1. The maximum absolute atomic E-state index is 13.3. The van der Waals surface area contributed by atoms with Crippen LogP contribution in [0.5, 0.6) is 0 Å². The van der Waals surface area contributed by atoms with Gasteiger partial charge in [-0.15, -0.1) is 0 Å². The Balaban J connectivity index is 0.822. The molecule has 5 amide bonds. The lowest BCUT2D eigenvalue weighted by atomic mass is 9.74. The number of anilines is 3. The number of rotatable bonds is 12. The number of primary amides is 1. The van der Waals surface area contributed by atoms with Gasteiger partial charge in [-0.25, -0.2) is 14.8 Å². The number of hydrogen-bond donors (Lipinski definition) is 2. The first kappa shape index (κ1) is 40.9. The van der Waals surface area contributed by atoms with Crippen molar-refractivity contribution in [2.45, 2.75) is 102 Å². The van der Waals surface area contributed by atoms with Gasteiger partial charge in [0.2, 0.25) is 5.91 Å². The van der Waals surface area contributed by atoms with Crippen LogP contribution in [0.2, 0.25) is 0 Å². The van der Waals surface area contributed by atoms with Gasteiger partial charge in [0, 0.05) is 77.0 Å². The molecule has 1 saturated carbocycles. The minimum atomic E-state index is -0.678. The highest BCUT2D eigenvalue weighted by Crippen LogP contribution is 2.37. The van der Waals surface area contributed by atoms with Gasteiger partial charge in [-0.1, -0.05) is 31.2 Å². The Bertz CT molecular complexity index is 2190. The van der Waals surface area contributed by atoms with Gasteiger partial charge in [0.15, 0.2) is 17.3 Å². The number of nitrogens with two attached hydrogens (primary N) is 1. The van der Waals surface area contributed by atoms with Crippen LogP contribution in [0.15, 0.2) is 48.7 Å². The fraction of sp³-hybridized carbons (Fsp3) is 0.511. The number of carbonyl (C=O) groups excluding carboxylic acids is 6. The Morgan fingerprint density at radius 1 is 0.933 bits per heavy atom. The maximum atomic E-state index is 13.3. The Hall–Kier alpha value is -5.86. The van der Waals surface area contributed by atoms with Gasteiger partial charge < -0.3 is 35.6 Å². The first-order valence-corrected chi connectivity index (χ1v) is 21.4. The molecule has 0 bridgehead atoms. The Morgan fingerprint density at radius 3 is 2.43 bits per heavy atom. The summed E-state index contributed by atoms with van der Waals surface area (Å²) in [5.41, 5.74) is 10.3. The first-order chi connectivity index (χ1) is 28.9. The number of piperidine rings is 2. The molecule has 5 aliphatic rings. The molecule has 3 N–H and O–H groups in total. The van der Waals surface area contributed by atoms with Crippen LogP contribution in [-0.4, -0.2) is 123 Å². The summed E-state index contributed by atoms with van der Waals surface area (Å²) in [6.07, 6.45) is 8.48. The molecule has 4 fully saturated rings. The van der Waals surface area contributed by atoms with Crippen molar-refractivity contribution in [3.8, 4) is 0 Å². The zero-order valence-electron chi connectivity index (χ0n) is 34.7. The summed E-state index contributed by atoms with van der Waals surface area (Å²) in [7, 11) is 1.83. The van der Waals surface area contributed by atoms with Crippen molar-refractivity contribution in [1.29, 1.82) is 0 Å². The van der Waals surface area contributed by atoms with Gasteiger partial charge in [-0.2, -0.15) is 0 Å². The van der Waals surface area contributed by atoms with E-state index in [9.17, 15) is 28.8 Å². The predicted octanol–water partition coefficient (Wildman–Crippen LogP) is 4.59. The fourth-order valence-corrected chi connectivity index (χ4v) is 9.70. The summed E-state index contributed by atoms with van der Waals surface area (Å²) in [4.78, 5) is 94.6. The number of urea groups is 1. The zero-order valence-corrected chi connectivity index (χ0v) is 34.7. The van der Waals surface area contributed by atoms with E-state index in [2.05, 4.69) is 34.3 Å². The highest BCUT2D eigenvalue weighted by Gasteiger charge is 2.40. The number of likely N-dealkylation sites (tertiary alicyclic amines) is 1. The molecule has 60 heavy (non-hydrogen) atoms. The molecular weight excluding hydrogens is 763 g/mol. The summed E-state index contributed by atoms with van der Waals surface area (Å²) in [5.74, 6) is 0.0309. The Kier molecular flexibility index (Phi) is 11.6. The second-order valence-corrected chi connectivity index (χ2v) is 17.4. The molecule has 5 heterocycles. The quantitative estimate of drug-likeness (QED) is 0.194. The number of unbranched alkanes of at least 4 members (excludes halogenated alkanes) is 1. The summed E-state index contributed by atoms with van der Waals surface area (Å²) < 4.78 is 0. The molecule has 15 nitrogen and oxygen atoms in total. The van der Waals surface area contributed by atoms with Crippen LogP contribution in [0, 0.1) is 0 Å². The molecule has 316 valence electrons. The van der Waals surface area contributed by atoms with E-state index in [0.717, 1.165) is 74.8 Å². The number of nitrogens with one attached hydrogen (secondary N) is 1. The number of benzene rings is 2. The lowest BCUT2D eigenvalue weighted by Crippen LogP contribution is -2.49. The first-order valence-electron chi connectivity index (χ1n) is 21.4. The van der Waals surface area contributed by atoms with E-state index in [1.165, 1.54) is 5.56 Å². The Morgan fingerprint density at radius 2 is 1.72 bits per heavy atom. The normalized spacial score (nSPS) is 21.8. The fourth-order valence-electron chi connectivity index (χ4n) is 9.70. The second kappa shape index (κ2) is 17.0. The summed E-state index contributed by atoms with van der Waals surface area (Å²) in [5, 5.41) is 3.28. The largest absolute Gasteiger partial charge is 0.364 e. The average molecular weight is 818 g/mol. The van der Waals surface area contributed by atoms with Crippen molar-refractivity contribution in [2.24, 2.45) is 5.73 Å². The third-order valence-electron chi connectivity index (χ3n) is 13.5. The molecule has 3 saturated heterocycles. The highest BCUT2D eigenvalue weighted by molar-refractivity contribution is 6.07. The number of nitrogens with zero attached hydrogens (tertiary/aromatic N) is 7. The Labute approximate surface area is 350 Å². The van der Waals surface area contributed by atoms with Crippen molar-refractivity contribution in [3.63, 3.8) is 0 Å². The molecule has 2 atom stereocenters. The van der Waals surface area contributed by atoms with Gasteiger partial charge in [0.05, 0.1) is 24.7 Å². The molecular formula is C45H55N9O6. The number of fused-ring (bicyclic) bond motifs is 1. The molecule has 0 spiro atoms. The number of aryl methyl sites for hydroxylation is 1. The third-order valence-corrected chi connectivity index (χ3v) is 13.5. The van der Waals surface area contributed by atoms with Crippen molar-refractivity contribution in [2.75, 3.05) is 56.5 Å². The smallest absolute Gasteiger partial charge is 0.320 e. The van der Waals surface area contributed by atoms with E-state index in [1.54, 1.807) is 16.0 Å². The summed E-state index contributed by atoms with van der Waals surface area (Å²) >= 11 is 0. The number of carbonyl (C=O) groups is 6. The highest BCUT2D eigenvalue weighted by atomic mass is 16.2. The lowest BCUT2D eigenvalue weighted by molar-refractivity contribution is -0.134. The van der Waals surface area contributed by atoms with Gasteiger partial charge in [-0.05, 0) is 91.7 Å². The number of Topliss-reactive ketones (excluding diaryl/α,β-unsaturated/α-hetero) is 2. The van der Waals surface area contributed by atoms with Crippen molar-refractivity contribution in [3.05, 3.63) is 76.6 Å². The van der Waals surface area contributed by atoms with Gasteiger partial charge in [0.25, 0.3) is 11.8 Å². The topological polar surface area (TPSA) is 182 Å². The van der Waals surface area contributed by atoms with E-state index in [4.69, 9.17) is 10.7 Å². The lowest BCUT2D eigenvalue weighted by Gasteiger charge is -2.40. The second-order valence-electron chi connectivity index (χ2n) is 17.4. The van der Waals surface area contributed by atoms with Crippen molar-refractivity contribution >= 4 is 52.6 Å². The van der Waals surface area contributed by atoms with E-state index in [-0.39, 0.29) is 58.8 Å². The minimum absolute atomic E-state index is 0.0530. The molecule has 3 aromatic rings. The number of aromatic nitrogens is 2. The SMILES string of the molecule is CN1CCN([C@@H]2CCCN(c3cnc(C(N)=O)c(Nc4ccc(C5(C)CCN(C(=O)CCCCc6cccc7c6CN(C6CCC(=O)CC6=O)C7=O)CC5)cc4)n3)C2)C1=O. The molecule has 2 aromatic carbocycles. The molecule has 1 aliphatic carbocycles. The van der Waals surface area contributed by atoms with Crippen LogP contribution in [0.25, 0.3) is 0 Å². The summed E-state index contributed by atoms with van der Waals surface area (Å²) in [6.45, 7) is 6.82. The maximum Gasteiger partial charge on any atom is 0.320 e. The van der Waals surface area contributed by atoms with Crippen molar-refractivity contribution in [1.82, 2.24) is 29.6 Å². The molecule has 4 aliphatic heterocycles. The van der Waals surface area contributed by atoms with Crippen LogP contribution in [0.1, 0.15) is 109 Å². The van der Waals surface area contributed by atoms with Gasteiger partial charge in [0.1, 0.15) is 11.6 Å². The predicted molar refractivity (Wildman–Crippen MR) is 225 cm³/mol. The monoisotopic (exact) mass is 817 g/mol. The van der Waals surface area contributed by atoms with E-state index in [0.29, 0.717) is 63.4 Å². The number of amides is 5. The van der Waals surface area contributed by atoms with Crippen LogP contribution < -0.4 is 16.0 Å². The molecule has 1 aromatic heterocycles. The van der Waals surface area contributed by atoms with Crippen LogP contribution in [0.3, 0.4) is 0 Å². The summed E-state index contributed by atoms with van der Waals surface area (Å²) in [6, 6.07) is 13.5. The van der Waals surface area contributed by atoms with E-state index >= 15 is 0 Å². The van der Waals surface area contributed by atoms with Gasteiger partial charge >= 0.3 is 6.03 Å². The molecule has 0 radical (unpaired) electrons. The number of ketones is 2. The van der Waals surface area contributed by atoms with Crippen LogP contribution in [-0.2, 0) is 32.8 Å². The molecule has 15 heteroatoms. The van der Waals surface area contributed by atoms with Gasteiger partial charge in [-0.3, -0.25) is 24.0 Å².